The number of amides is 1. The van der Waals surface area contributed by atoms with Crippen molar-refractivity contribution in [1.82, 2.24) is 9.55 Å². The zero-order valence-corrected chi connectivity index (χ0v) is 8.40. The number of nitrogens with zero attached hydrogens (tertiary/aromatic N) is 2. The fourth-order valence-electron chi connectivity index (χ4n) is 1.58. The van der Waals surface area contributed by atoms with E-state index in [4.69, 9.17) is 5.73 Å². The Morgan fingerprint density at radius 2 is 2.27 bits per heavy atom. The fraction of sp³-hybridized carbons (Fsp3) is 0.200. The van der Waals surface area contributed by atoms with Gasteiger partial charge in [0.15, 0.2) is 0 Å². The Morgan fingerprint density at radius 1 is 1.53 bits per heavy atom. The van der Waals surface area contributed by atoms with Gasteiger partial charge in [-0.2, -0.15) is 0 Å². The van der Waals surface area contributed by atoms with Gasteiger partial charge in [0.2, 0.25) is 11.9 Å². The molecule has 3 N–H and O–H groups in total. The third kappa shape index (κ3) is 1.63. The topological polar surface area (TPSA) is 72.9 Å². The number of para-hydroxylation sites is 2. The minimum Gasteiger partial charge on any atom is -0.368 e. The van der Waals surface area contributed by atoms with Gasteiger partial charge in [0, 0.05) is 7.05 Å². The molecule has 0 aliphatic rings. The van der Waals surface area contributed by atoms with E-state index in [9.17, 15) is 4.79 Å². The van der Waals surface area contributed by atoms with Gasteiger partial charge >= 0.3 is 0 Å². The van der Waals surface area contributed by atoms with Gasteiger partial charge in [0.25, 0.3) is 0 Å². The van der Waals surface area contributed by atoms with E-state index in [2.05, 4.69) is 10.3 Å². The Hall–Kier alpha value is -2.04. The number of imidazole rings is 1. The summed E-state index contributed by atoms with van der Waals surface area (Å²) in [6.07, 6.45) is 0. The first kappa shape index (κ1) is 9.51. The fourth-order valence-corrected chi connectivity index (χ4v) is 1.58. The summed E-state index contributed by atoms with van der Waals surface area (Å²) in [5.41, 5.74) is 6.94. The van der Waals surface area contributed by atoms with Gasteiger partial charge in [-0.25, -0.2) is 4.98 Å². The first-order valence-corrected chi connectivity index (χ1v) is 4.63. The summed E-state index contributed by atoms with van der Waals surface area (Å²) in [5, 5.41) is 2.93. The number of hydrogen-bond acceptors (Lipinski definition) is 3. The van der Waals surface area contributed by atoms with Gasteiger partial charge < -0.3 is 15.6 Å². The molecule has 0 saturated heterocycles. The second-order valence-electron chi connectivity index (χ2n) is 3.23. The summed E-state index contributed by atoms with van der Waals surface area (Å²) in [6.45, 7) is 0.136. The predicted octanol–water partition coefficient (Wildman–Crippen LogP) is 0.563. The molecule has 1 amide bonds. The molecule has 2 aromatic rings. The van der Waals surface area contributed by atoms with Crippen molar-refractivity contribution in [3.8, 4) is 0 Å². The van der Waals surface area contributed by atoms with Gasteiger partial charge in [-0.05, 0) is 12.1 Å². The summed E-state index contributed by atoms with van der Waals surface area (Å²) in [7, 11) is 1.76. The maximum atomic E-state index is 10.9. The van der Waals surface area contributed by atoms with Crippen molar-refractivity contribution in [2.24, 2.45) is 5.73 Å². The van der Waals surface area contributed by atoms with Gasteiger partial charge in [-0.3, -0.25) is 4.79 Å². The highest BCUT2D eigenvalue weighted by atomic mass is 16.1. The summed E-state index contributed by atoms with van der Waals surface area (Å²) in [6, 6.07) is 7.62. The van der Waals surface area contributed by atoms with E-state index < -0.39 is 0 Å². The van der Waals surface area contributed by atoms with Crippen molar-refractivity contribution >= 4 is 22.9 Å². The maximum absolute atomic E-state index is 10.9. The number of fused-ring (bicyclic) bond motifs is 1. The van der Waals surface area contributed by atoms with Crippen molar-refractivity contribution in [1.29, 1.82) is 0 Å². The average molecular weight is 204 g/mol. The smallest absolute Gasteiger partial charge is 0.237 e. The van der Waals surface area contributed by atoms with Crippen molar-refractivity contribution in [3.05, 3.63) is 24.3 Å². The van der Waals surface area contributed by atoms with Crippen LogP contribution in [0.5, 0.6) is 0 Å². The zero-order chi connectivity index (χ0) is 10.8. The number of carbonyl (C=O) groups excluding carboxylic acids is 1. The number of anilines is 1. The van der Waals surface area contributed by atoms with Crippen LogP contribution in [0.15, 0.2) is 24.3 Å². The Kier molecular flexibility index (Phi) is 2.29. The molecule has 15 heavy (non-hydrogen) atoms. The highest BCUT2D eigenvalue weighted by Gasteiger charge is 2.10. The molecule has 0 radical (unpaired) electrons. The second kappa shape index (κ2) is 3.61. The Balaban J connectivity index is 2.61. The molecule has 1 aromatic heterocycles. The molecule has 0 bridgehead atoms. The third-order valence-electron chi connectivity index (χ3n) is 2.19. The number of aromatic nitrogens is 2. The first-order chi connectivity index (χ1) is 7.22. The lowest BCUT2D eigenvalue weighted by molar-refractivity contribution is -0.118. The number of benzene rings is 1. The third-order valence-corrected chi connectivity index (χ3v) is 2.19. The van der Waals surface area contributed by atoms with Crippen molar-refractivity contribution in [2.75, 3.05) is 12.4 Å². The van der Waals surface area contributed by atoms with Crippen LogP contribution in [0.3, 0.4) is 0 Å². The molecule has 0 atom stereocenters. The number of primary amides is 1. The number of rotatable bonds is 3. The minimum absolute atomic E-state index is 0.136. The summed E-state index contributed by atoms with van der Waals surface area (Å²) < 4.78 is 1.76. The molecule has 5 nitrogen and oxygen atoms in total. The SMILES string of the molecule is CNc1nc2ccccc2n1CC(N)=O. The van der Waals surface area contributed by atoms with E-state index >= 15 is 0 Å². The maximum Gasteiger partial charge on any atom is 0.237 e. The van der Waals surface area contributed by atoms with E-state index in [1.807, 2.05) is 24.3 Å². The van der Waals surface area contributed by atoms with Crippen LogP contribution in [0.1, 0.15) is 0 Å². The van der Waals surface area contributed by atoms with E-state index in [-0.39, 0.29) is 12.5 Å². The lowest BCUT2D eigenvalue weighted by Gasteiger charge is -2.04. The molecule has 78 valence electrons. The molecular formula is C10H12N4O. The lowest BCUT2D eigenvalue weighted by Crippen LogP contribution is -2.19. The summed E-state index contributed by atoms with van der Waals surface area (Å²) in [5.74, 6) is 0.268. The van der Waals surface area contributed by atoms with Crippen LogP contribution in [-0.4, -0.2) is 22.5 Å². The largest absolute Gasteiger partial charge is 0.368 e. The number of nitrogens with one attached hydrogen (secondary N) is 1. The minimum atomic E-state index is -0.380. The molecule has 1 heterocycles. The van der Waals surface area contributed by atoms with E-state index in [1.54, 1.807) is 11.6 Å². The molecule has 0 unspecified atom stereocenters. The number of carbonyl (C=O) groups is 1. The van der Waals surface area contributed by atoms with Crippen LogP contribution < -0.4 is 11.1 Å². The molecular weight excluding hydrogens is 192 g/mol. The summed E-state index contributed by atoms with van der Waals surface area (Å²) >= 11 is 0. The highest BCUT2D eigenvalue weighted by Crippen LogP contribution is 2.18. The van der Waals surface area contributed by atoms with Crippen molar-refractivity contribution in [3.63, 3.8) is 0 Å². The average Bonchev–Trinajstić information content (AvgIpc) is 2.56. The molecule has 0 aliphatic heterocycles. The van der Waals surface area contributed by atoms with Gasteiger partial charge in [-0.15, -0.1) is 0 Å². The van der Waals surface area contributed by atoms with Crippen LogP contribution in [0.2, 0.25) is 0 Å². The first-order valence-electron chi connectivity index (χ1n) is 4.63. The number of nitrogens with two attached hydrogens (primary N) is 1. The van der Waals surface area contributed by atoms with Gasteiger partial charge in [-0.1, -0.05) is 12.1 Å². The van der Waals surface area contributed by atoms with E-state index in [0.29, 0.717) is 5.95 Å². The van der Waals surface area contributed by atoms with Crippen LogP contribution in [0.25, 0.3) is 11.0 Å². The highest BCUT2D eigenvalue weighted by molar-refractivity contribution is 5.82. The molecule has 2 rings (SSSR count). The Bertz CT molecular complexity index is 503. The zero-order valence-electron chi connectivity index (χ0n) is 8.40. The standard InChI is InChI=1S/C10H12N4O/c1-12-10-13-7-4-2-3-5-8(7)14(10)6-9(11)15/h2-5H,6H2,1H3,(H2,11,15)(H,12,13). The lowest BCUT2D eigenvalue weighted by atomic mass is 10.3. The Labute approximate surface area is 86.9 Å². The molecule has 0 aliphatic carbocycles. The van der Waals surface area contributed by atoms with Gasteiger partial charge in [0.05, 0.1) is 11.0 Å². The van der Waals surface area contributed by atoms with Crippen molar-refractivity contribution < 1.29 is 4.79 Å². The van der Waals surface area contributed by atoms with E-state index in [1.165, 1.54) is 0 Å². The van der Waals surface area contributed by atoms with Gasteiger partial charge in [0.1, 0.15) is 6.54 Å². The van der Waals surface area contributed by atoms with E-state index in [0.717, 1.165) is 11.0 Å². The number of hydrogen-bond donors (Lipinski definition) is 2. The molecule has 1 aromatic carbocycles. The van der Waals surface area contributed by atoms with Crippen LogP contribution in [0.4, 0.5) is 5.95 Å². The summed E-state index contributed by atoms with van der Waals surface area (Å²) in [4.78, 5) is 15.3. The monoisotopic (exact) mass is 204 g/mol. The Morgan fingerprint density at radius 3 is 2.93 bits per heavy atom. The molecule has 0 fully saturated rings. The van der Waals surface area contributed by atoms with Crippen LogP contribution in [-0.2, 0) is 11.3 Å². The quantitative estimate of drug-likeness (QED) is 0.767. The van der Waals surface area contributed by atoms with Crippen LogP contribution in [0, 0.1) is 0 Å². The molecule has 5 heteroatoms. The molecule has 0 spiro atoms. The van der Waals surface area contributed by atoms with Crippen LogP contribution >= 0.6 is 0 Å². The normalized spacial score (nSPS) is 10.5. The predicted molar refractivity (Wildman–Crippen MR) is 58.5 cm³/mol. The molecule has 0 saturated carbocycles. The second-order valence-corrected chi connectivity index (χ2v) is 3.23. The van der Waals surface area contributed by atoms with Crippen molar-refractivity contribution in [2.45, 2.75) is 6.54 Å².